The highest BCUT2D eigenvalue weighted by atomic mass is 32.1. The van der Waals surface area contributed by atoms with Gasteiger partial charge in [0.05, 0.1) is 4.92 Å². The van der Waals surface area contributed by atoms with E-state index in [4.69, 9.17) is 0 Å². The minimum Gasteiger partial charge on any atom is -0.380 e. The van der Waals surface area contributed by atoms with Crippen molar-refractivity contribution in [3.8, 4) is 0 Å². The zero-order valence-electron chi connectivity index (χ0n) is 8.42. The first-order chi connectivity index (χ1) is 7.75. The quantitative estimate of drug-likeness (QED) is 0.652. The Kier molecular flexibility index (Phi) is 3.16. The summed E-state index contributed by atoms with van der Waals surface area (Å²) >= 11 is 1.61. The van der Waals surface area contributed by atoms with Gasteiger partial charge in [-0.1, -0.05) is 12.1 Å². The molecule has 16 heavy (non-hydrogen) atoms. The van der Waals surface area contributed by atoms with E-state index in [1.54, 1.807) is 23.5 Å². The molecule has 0 saturated heterocycles. The van der Waals surface area contributed by atoms with E-state index in [1.165, 1.54) is 6.07 Å². The number of nitrogens with one attached hydrogen (secondary N) is 1. The van der Waals surface area contributed by atoms with Gasteiger partial charge in [0.1, 0.15) is 0 Å². The normalized spacial score (nSPS) is 10.0. The summed E-state index contributed by atoms with van der Waals surface area (Å²) in [5, 5.41) is 17.7. The molecular formula is C11H10N2O2S. The van der Waals surface area contributed by atoms with Crippen LogP contribution in [0.2, 0.25) is 0 Å². The summed E-state index contributed by atoms with van der Waals surface area (Å²) in [5.41, 5.74) is 2.07. The highest BCUT2D eigenvalue weighted by molar-refractivity contribution is 7.08. The third kappa shape index (κ3) is 2.58. The molecule has 2 aromatic rings. The molecule has 0 saturated carbocycles. The van der Waals surface area contributed by atoms with Crippen molar-refractivity contribution in [3.05, 3.63) is 56.8 Å². The van der Waals surface area contributed by atoms with Gasteiger partial charge in [0.2, 0.25) is 0 Å². The van der Waals surface area contributed by atoms with Gasteiger partial charge in [-0.05, 0) is 17.0 Å². The predicted molar refractivity (Wildman–Crippen MR) is 64.7 cm³/mol. The number of benzene rings is 1. The van der Waals surface area contributed by atoms with Crippen molar-refractivity contribution in [2.75, 3.05) is 5.32 Å². The number of anilines is 1. The molecule has 0 spiro atoms. The van der Waals surface area contributed by atoms with Gasteiger partial charge in [0, 0.05) is 29.7 Å². The maximum absolute atomic E-state index is 10.6. The Morgan fingerprint density at radius 2 is 2.25 bits per heavy atom. The summed E-state index contributed by atoms with van der Waals surface area (Å²) in [6.45, 7) is 0.596. The van der Waals surface area contributed by atoms with Gasteiger partial charge in [-0.2, -0.15) is 11.3 Å². The van der Waals surface area contributed by atoms with Crippen molar-refractivity contribution in [3.63, 3.8) is 0 Å². The number of hydrogen-bond acceptors (Lipinski definition) is 4. The Labute approximate surface area is 96.7 Å². The van der Waals surface area contributed by atoms with Gasteiger partial charge in [-0.15, -0.1) is 0 Å². The first-order valence-corrected chi connectivity index (χ1v) is 5.69. The molecule has 2 rings (SSSR count). The molecular weight excluding hydrogens is 224 g/mol. The lowest BCUT2D eigenvalue weighted by atomic mass is 10.2. The summed E-state index contributed by atoms with van der Waals surface area (Å²) in [6, 6.07) is 8.62. The lowest BCUT2D eigenvalue weighted by molar-refractivity contribution is -0.384. The second-order valence-electron chi connectivity index (χ2n) is 3.29. The second kappa shape index (κ2) is 4.76. The molecule has 0 fully saturated rings. The molecule has 0 aliphatic rings. The Balaban J connectivity index is 2.04. The highest BCUT2D eigenvalue weighted by Gasteiger charge is 2.05. The largest absolute Gasteiger partial charge is 0.380 e. The minimum atomic E-state index is -0.381. The number of hydrogen-bond donors (Lipinski definition) is 1. The Bertz CT molecular complexity index is 482. The van der Waals surface area contributed by atoms with Crippen molar-refractivity contribution in [1.29, 1.82) is 0 Å². The highest BCUT2D eigenvalue weighted by Crippen LogP contribution is 2.16. The van der Waals surface area contributed by atoms with Crippen molar-refractivity contribution in [2.45, 2.75) is 6.54 Å². The van der Waals surface area contributed by atoms with E-state index in [9.17, 15) is 10.1 Å². The molecule has 1 aromatic heterocycles. The summed E-state index contributed by atoms with van der Waals surface area (Å²) in [6.07, 6.45) is 0. The number of rotatable bonds is 4. The predicted octanol–water partition coefficient (Wildman–Crippen LogP) is 3.27. The number of nitrogens with zero attached hydrogens (tertiary/aromatic N) is 1. The van der Waals surface area contributed by atoms with Gasteiger partial charge in [-0.3, -0.25) is 10.1 Å². The van der Waals surface area contributed by atoms with Crippen LogP contribution >= 0.6 is 11.3 Å². The van der Waals surface area contributed by atoms with Crippen LogP contribution in [-0.2, 0) is 6.54 Å². The molecule has 0 aliphatic heterocycles. The molecule has 0 atom stereocenters. The van der Waals surface area contributed by atoms with Crippen LogP contribution in [0.3, 0.4) is 0 Å². The average molecular weight is 234 g/mol. The lowest BCUT2D eigenvalue weighted by Gasteiger charge is -2.03. The number of non-ortho nitro benzene ring substituents is 1. The van der Waals surface area contributed by atoms with E-state index in [-0.39, 0.29) is 10.6 Å². The van der Waals surface area contributed by atoms with Crippen LogP contribution in [-0.4, -0.2) is 4.92 Å². The first-order valence-electron chi connectivity index (χ1n) is 4.75. The van der Waals surface area contributed by atoms with E-state index in [2.05, 4.69) is 5.32 Å². The number of nitro benzene ring substituents is 1. The summed E-state index contributed by atoms with van der Waals surface area (Å²) in [4.78, 5) is 10.2. The fourth-order valence-electron chi connectivity index (χ4n) is 1.35. The van der Waals surface area contributed by atoms with Crippen LogP contribution in [0.5, 0.6) is 0 Å². The average Bonchev–Trinajstić information content (AvgIpc) is 2.79. The maximum atomic E-state index is 10.6. The standard InChI is InChI=1S/C11H10N2O2S/c14-13(15)11-3-1-2-9(6-11)7-12-10-4-5-16-8-10/h1-6,8,12H,7H2. The fourth-order valence-corrected chi connectivity index (χ4v) is 1.96. The zero-order valence-corrected chi connectivity index (χ0v) is 9.24. The Morgan fingerprint density at radius 3 is 2.94 bits per heavy atom. The van der Waals surface area contributed by atoms with Crippen molar-refractivity contribution in [1.82, 2.24) is 0 Å². The first kappa shape index (κ1) is 10.6. The van der Waals surface area contributed by atoms with Gasteiger partial charge >= 0.3 is 0 Å². The molecule has 0 bridgehead atoms. The zero-order chi connectivity index (χ0) is 11.4. The topological polar surface area (TPSA) is 55.2 Å². The second-order valence-corrected chi connectivity index (χ2v) is 4.07. The van der Waals surface area contributed by atoms with E-state index in [1.807, 2.05) is 22.9 Å². The monoisotopic (exact) mass is 234 g/mol. The number of thiophene rings is 1. The SMILES string of the molecule is O=[N+]([O-])c1cccc(CNc2ccsc2)c1. The molecule has 5 heteroatoms. The van der Waals surface area contributed by atoms with E-state index < -0.39 is 0 Å². The number of nitro groups is 1. The van der Waals surface area contributed by atoms with Crippen molar-refractivity contribution < 1.29 is 4.92 Å². The summed E-state index contributed by atoms with van der Waals surface area (Å²) in [7, 11) is 0. The van der Waals surface area contributed by atoms with Crippen molar-refractivity contribution in [2.24, 2.45) is 0 Å². The van der Waals surface area contributed by atoms with E-state index in [0.29, 0.717) is 6.54 Å². The van der Waals surface area contributed by atoms with E-state index in [0.717, 1.165) is 11.3 Å². The van der Waals surface area contributed by atoms with Gasteiger partial charge in [-0.25, -0.2) is 0 Å². The molecule has 1 aromatic carbocycles. The molecule has 1 heterocycles. The molecule has 0 amide bonds. The molecule has 82 valence electrons. The van der Waals surface area contributed by atoms with Gasteiger partial charge in [0.15, 0.2) is 0 Å². The van der Waals surface area contributed by atoms with Crippen LogP contribution in [0.15, 0.2) is 41.1 Å². The molecule has 0 unspecified atom stereocenters. The smallest absolute Gasteiger partial charge is 0.269 e. The summed E-state index contributed by atoms with van der Waals surface area (Å²) < 4.78 is 0. The molecule has 1 N–H and O–H groups in total. The van der Waals surface area contributed by atoms with Crippen LogP contribution in [0.25, 0.3) is 0 Å². The van der Waals surface area contributed by atoms with Crippen LogP contribution in [0.1, 0.15) is 5.56 Å². The third-order valence-corrected chi connectivity index (χ3v) is 2.82. The van der Waals surface area contributed by atoms with Crippen LogP contribution in [0, 0.1) is 10.1 Å². The Hall–Kier alpha value is -1.88. The fraction of sp³-hybridized carbons (Fsp3) is 0.0909. The Morgan fingerprint density at radius 1 is 1.38 bits per heavy atom. The van der Waals surface area contributed by atoms with Crippen LogP contribution < -0.4 is 5.32 Å². The maximum Gasteiger partial charge on any atom is 0.269 e. The van der Waals surface area contributed by atoms with Gasteiger partial charge in [0.25, 0.3) is 5.69 Å². The van der Waals surface area contributed by atoms with Crippen LogP contribution in [0.4, 0.5) is 11.4 Å². The molecule has 0 radical (unpaired) electrons. The molecule has 4 nitrogen and oxygen atoms in total. The summed E-state index contributed by atoms with van der Waals surface area (Å²) in [5.74, 6) is 0. The van der Waals surface area contributed by atoms with E-state index >= 15 is 0 Å². The van der Waals surface area contributed by atoms with Gasteiger partial charge < -0.3 is 5.32 Å². The molecule has 0 aliphatic carbocycles. The minimum absolute atomic E-state index is 0.129. The lowest BCUT2D eigenvalue weighted by Crippen LogP contribution is -1.98. The van der Waals surface area contributed by atoms with Crippen molar-refractivity contribution >= 4 is 22.7 Å². The third-order valence-electron chi connectivity index (χ3n) is 2.14.